The van der Waals surface area contributed by atoms with Gasteiger partial charge < -0.3 is 10.5 Å². The number of carbonyl (C=O) groups excluding carboxylic acids is 1. The molecule has 0 saturated carbocycles. The zero-order chi connectivity index (χ0) is 23.1. The summed E-state index contributed by atoms with van der Waals surface area (Å²) in [6, 6.07) is 15.7. The van der Waals surface area contributed by atoms with Gasteiger partial charge in [-0.25, -0.2) is 4.79 Å². The van der Waals surface area contributed by atoms with E-state index in [0.717, 1.165) is 6.07 Å². The van der Waals surface area contributed by atoms with Crippen molar-refractivity contribution in [1.82, 2.24) is 4.98 Å². The average Bonchev–Trinajstić information content (AvgIpc) is 2.77. The third kappa shape index (κ3) is 6.35. The van der Waals surface area contributed by atoms with Crippen LogP contribution in [0, 0.1) is 0 Å². The molecule has 7 nitrogen and oxygen atoms in total. The van der Waals surface area contributed by atoms with Gasteiger partial charge in [0.25, 0.3) is 0 Å². The Hall–Kier alpha value is -3.79. The van der Waals surface area contributed by atoms with E-state index in [1.54, 1.807) is 54.6 Å². The fourth-order valence-corrected chi connectivity index (χ4v) is 2.63. The molecule has 0 atom stereocenters. The maximum Gasteiger partial charge on any atom is 0.437 e. The van der Waals surface area contributed by atoms with Crippen LogP contribution in [0.3, 0.4) is 0 Å². The third-order valence-corrected chi connectivity index (χ3v) is 4.34. The summed E-state index contributed by atoms with van der Waals surface area (Å²) in [4.78, 5) is 20.2. The largest absolute Gasteiger partial charge is 0.487 e. The van der Waals surface area contributed by atoms with Gasteiger partial charge in [0.05, 0.1) is 16.3 Å². The number of amidine groups is 1. The molecule has 166 valence electrons. The van der Waals surface area contributed by atoms with Crippen LogP contribution < -0.4 is 15.8 Å². The molecule has 11 heteroatoms. The molecular formula is C21H16ClF3N4O3. The molecule has 3 rings (SSSR count). The number of alkyl halides is 3. The minimum absolute atomic E-state index is 0.0489. The standard InChI is InChI=1S/C21H16ClF3N4O3/c22-17-10-14(21(23,24)25)11-27-18(17)12-31-16-8-6-13(7-9-16)19(26)29-32-20(30)28-15-4-2-1-3-5-15/h1-11H,12H2,(H2,26,29)(H,28,30). The van der Waals surface area contributed by atoms with Crippen molar-refractivity contribution in [3.8, 4) is 5.75 Å². The zero-order valence-electron chi connectivity index (χ0n) is 16.3. The summed E-state index contributed by atoms with van der Waals surface area (Å²) in [6.07, 6.45) is -4.64. The second-order valence-electron chi connectivity index (χ2n) is 6.31. The first kappa shape index (κ1) is 22.9. The normalized spacial score (nSPS) is 11.7. The van der Waals surface area contributed by atoms with Crippen molar-refractivity contribution in [2.24, 2.45) is 10.9 Å². The van der Waals surface area contributed by atoms with Gasteiger partial charge >= 0.3 is 12.3 Å². The summed E-state index contributed by atoms with van der Waals surface area (Å²) in [6.45, 7) is -0.136. The van der Waals surface area contributed by atoms with Gasteiger partial charge in [-0.3, -0.25) is 15.1 Å². The van der Waals surface area contributed by atoms with E-state index in [1.807, 2.05) is 0 Å². The van der Waals surface area contributed by atoms with Crippen LogP contribution in [0.4, 0.5) is 23.7 Å². The van der Waals surface area contributed by atoms with Crippen LogP contribution in [-0.4, -0.2) is 16.9 Å². The number of hydrogen-bond donors (Lipinski definition) is 2. The Morgan fingerprint density at radius 3 is 2.44 bits per heavy atom. The highest BCUT2D eigenvalue weighted by Crippen LogP contribution is 2.31. The van der Waals surface area contributed by atoms with Gasteiger partial charge in [0, 0.05) is 17.4 Å². The minimum Gasteiger partial charge on any atom is -0.487 e. The summed E-state index contributed by atoms with van der Waals surface area (Å²) >= 11 is 5.86. The van der Waals surface area contributed by atoms with Gasteiger partial charge in [-0.15, -0.1) is 0 Å². The molecule has 0 aliphatic heterocycles. The number of anilines is 1. The van der Waals surface area contributed by atoms with Gasteiger partial charge in [0.2, 0.25) is 0 Å². The monoisotopic (exact) mass is 464 g/mol. The molecule has 3 N–H and O–H groups in total. The molecule has 1 heterocycles. The van der Waals surface area contributed by atoms with Crippen LogP contribution in [0.25, 0.3) is 0 Å². The van der Waals surface area contributed by atoms with Crippen molar-refractivity contribution < 1.29 is 27.5 Å². The molecule has 1 amide bonds. The van der Waals surface area contributed by atoms with Crippen molar-refractivity contribution in [3.63, 3.8) is 0 Å². The van der Waals surface area contributed by atoms with Gasteiger partial charge in [-0.05, 0) is 42.5 Å². The first-order valence-corrected chi connectivity index (χ1v) is 9.41. The van der Waals surface area contributed by atoms with Gasteiger partial charge in [0.15, 0.2) is 5.84 Å². The number of para-hydroxylation sites is 1. The van der Waals surface area contributed by atoms with E-state index in [0.29, 0.717) is 23.2 Å². The molecule has 0 radical (unpaired) electrons. The number of nitrogens with two attached hydrogens (primary N) is 1. The SMILES string of the molecule is N/C(=N\OC(=O)Nc1ccccc1)c1ccc(OCc2ncc(C(F)(F)F)cc2Cl)cc1. The van der Waals surface area contributed by atoms with E-state index in [4.69, 9.17) is 26.9 Å². The number of benzene rings is 2. The number of aromatic nitrogens is 1. The second-order valence-corrected chi connectivity index (χ2v) is 6.72. The summed E-state index contributed by atoms with van der Waals surface area (Å²) in [5.41, 5.74) is 6.01. The molecular weight excluding hydrogens is 449 g/mol. The van der Waals surface area contributed by atoms with E-state index in [9.17, 15) is 18.0 Å². The molecule has 0 saturated heterocycles. The van der Waals surface area contributed by atoms with Crippen molar-refractivity contribution in [2.75, 3.05) is 5.32 Å². The quantitative estimate of drug-likeness (QED) is 0.226. The summed E-state index contributed by atoms with van der Waals surface area (Å²) < 4.78 is 43.5. The zero-order valence-corrected chi connectivity index (χ0v) is 17.0. The summed E-state index contributed by atoms with van der Waals surface area (Å²) in [7, 11) is 0. The number of oxime groups is 1. The highest BCUT2D eigenvalue weighted by Gasteiger charge is 2.31. The predicted molar refractivity (Wildman–Crippen MR) is 112 cm³/mol. The fourth-order valence-electron chi connectivity index (χ4n) is 2.41. The minimum atomic E-state index is -4.53. The summed E-state index contributed by atoms with van der Waals surface area (Å²) in [5.74, 6) is 0.342. The van der Waals surface area contributed by atoms with E-state index in [1.165, 1.54) is 0 Å². The number of ether oxygens (including phenoxy) is 1. The Balaban J connectivity index is 1.55. The topological polar surface area (TPSA) is 98.8 Å². The molecule has 0 aliphatic rings. The first-order valence-electron chi connectivity index (χ1n) is 9.04. The number of hydrogen-bond acceptors (Lipinski definition) is 5. The number of pyridine rings is 1. The first-order chi connectivity index (χ1) is 15.2. The lowest BCUT2D eigenvalue weighted by Gasteiger charge is -2.10. The highest BCUT2D eigenvalue weighted by molar-refractivity contribution is 6.31. The molecule has 0 aliphatic carbocycles. The molecule has 1 aromatic heterocycles. The molecule has 3 aromatic rings. The Morgan fingerprint density at radius 1 is 1.12 bits per heavy atom. The molecule has 2 aromatic carbocycles. The Morgan fingerprint density at radius 2 is 1.81 bits per heavy atom. The lowest BCUT2D eigenvalue weighted by molar-refractivity contribution is -0.137. The molecule has 0 spiro atoms. The van der Waals surface area contributed by atoms with E-state index in [2.05, 4.69) is 15.5 Å². The van der Waals surface area contributed by atoms with Crippen LogP contribution in [0.1, 0.15) is 16.8 Å². The van der Waals surface area contributed by atoms with Crippen LogP contribution in [0.5, 0.6) is 5.75 Å². The number of amides is 1. The highest BCUT2D eigenvalue weighted by atomic mass is 35.5. The van der Waals surface area contributed by atoms with Gasteiger partial charge in [-0.2, -0.15) is 13.2 Å². The molecule has 0 unspecified atom stereocenters. The van der Waals surface area contributed by atoms with Crippen molar-refractivity contribution in [2.45, 2.75) is 12.8 Å². The van der Waals surface area contributed by atoms with Crippen LogP contribution in [0.2, 0.25) is 5.02 Å². The fraction of sp³-hybridized carbons (Fsp3) is 0.0952. The number of halogens is 4. The number of carbonyl (C=O) groups is 1. The van der Waals surface area contributed by atoms with Gasteiger partial charge in [0.1, 0.15) is 12.4 Å². The summed E-state index contributed by atoms with van der Waals surface area (Å²) in [5, 5.41) is 5.91. The second kappa shape index (κ2) is 10.0. The maximum atomic E-state index is 12.7. The number of nitrogens with zero attached hydrogens (tertiary/aromatic N) is 2. The average molecular weight is 465 g/mol. The molecule has 32 heavy (non-hydrogen) atoms. The number of nitrogens with one attached hydrogen (secondary N) is 1. The van der Waals surface area contributed by atoms with Gasteiger partial charge in [-0.1, -0.05) is 35.0 Å². The Bertz CT molecular complexity index is 1110. The molecule has 0 bridgehead atoms. The van der Waals surface area contributed by atoms with Crippen LogP contribution in [0.15, 0.2) is 72.0 Å². The van der Waals surface area contributed by atoms with Crippen molar-refractivity contribution in [3.05, 3.63) is 88.7 Å². The van der Waals surface area contributed by atoms with E-state index < -0.39 is 17.8 Å². The predicted octanol–water partition coefficient (Wildman–Crippen LogP) is 5.20. The van der Waals surface area contributed by atoms with E-state index >= 15 is 0 Å². The third-order valence-electron chi connectivity index (χ3n) is 4.02. The van der Waals surface area contributed by atoms with Crippen LogP contribution in [-0.2, 0) is 17.6 Å². The van der Waals surface area contributed by atoms with E-state index in [-0.39, 0.29) is 23.2 Å². The lowest BCUT2D eigenvalue weighted by atomic mass is 10.2. The maximum absolute atomic E-state index is 12.7. The Kier molecular flexibility index (Phi) is 7.16. The van der Waals surface area contributed by atoms with Crippen molar-refractivity contribution >= 4 is 29.2 Å². The smallest absolute Gasteiger partial charge is 0.437 e. The lowest BCUT2D eigenvalue weighted by Crippen LogP contribution is -2.17. The van der Waals surface area contributed by atoms with Crippen LogP contribution >= 0.6 is 11.6 Å². The Labute approximate surface area is 185 Å². The number of rotatable bonds is 6. The van der Waals surface area contributed by atoms with Crippen molar-refractivity contribution in [1.29, 1.82) is 0 Å². The molecule has 0 fully saturated rings.